The zero-order chi connectivity index (χ0) is 16.6. The summed E-state index contributed by atoms with van der Waals surface area (Å²) in [5.74, 6) is 1.53. The molecule has 0 bridgehead atoms. The predicted molar refractivity (Wildman–Crippen MR) is 89.7 cm³/mol. The van der Waals surface area contributed by atoms with E-state index in [0.717, 1.165) is 39.6 Å². The summed E-state index contributed by atoms with van der Waals surface area (Å²) in [5.41, 5.74) is 4.89. The monoisotopic (exact) mass is 503 g/mol. The molecule has 1 radical (unpaired) electrons. The van der Waals surface area contributed by atoms with Crippen LogP contribution in [-0.4, -0.2) is 28.6 Å². The molecule has 0 saturated carbocycles. The summed E-state index contributed by atoms with van der Waals surface area (Å²) in [6.07, 6.45) is 5.35. The van der Waals surface area contributed by atoms with Crippen LogP contribution in [0.25, 0.3) is 22.5 Å². The van der Waals surface area contributed by atoms with Crippen molar-refractivity contribution in [3.63, 3.8) is 0 Å². The number of aryl methyl sites for hydroxylation is 3. The van der Waals surface area contributed by atoms with Gasteiger partial charge >= 0.3 is 0 Å². The Hall–Kier alpha value is -2.04. The van der Waals surface area contributed by atoms with Gasteiger partial charge in [-0.05, 0) is 31.7 Å². The normalized spacial score (nSPS) is 10.4. The smallest absolute Gasteiger partial charge is 0.121 e. The molecule has 0 aliphatic heterocycles. The third kappa shape index (κ3) is 3.12. The second-order valence-electron chi connectivity index (χ2n) is 5.49. The predicted octanol–water partition coefficient (Wildman–Crippen LogP) is 3.22. The van der Waals surface area contributed by atoms with Gasteiger partial charge in [-0.2, -0.15) is 0 Å². The third-order valence-corrected chi connectivity index (χ3v) is 3.88. The van der Waals surface area contributed by atoms with Crippen LogP contribution in [0, 0.1) is 13.1 Å². The fourth-order valence-electron chi connectivity index (χ4n) is 2.84. The Labute approximate surface area is 155 Å². The molecule has 0 saturated heterocycles. The van der Waals surface area contributed by atoms with Gasteiger partial charge in [-0.25, -0.2) is 5.10 Å². The molecule has 2 aromatic heterocycles. The van der Waals surface area contributed by atoms with E-state index in [9.17, 15) is 0 Å². The molecule has 3 aromatic rings. The first-order valence-corrected chi connectivity index (χ1v) is 7.36. The molecule has 129 valence electrons. The summed E-state index contributed by atoms with van der Waals surface area (Å²) in [4.78, 5) is 0. The first-order chi connectivity index (χ1) is 11.0. The molecule has 1 aromatic carbocycles. The van der Waals surface area contributed by atoms with Crippen molar-refractivity contribution in [3.05, 3.63) is 42.2 Å². The Morgan fingerprint density at radius 1 is 1.08 bits per heavy atom. The van der Waals surface area contributed by atoms with Gasteiger partial charge in [-0.1, -0.05) is 18.0 Å². The SMILES string of the molecule is COc1cccc(OC)c1-c1cc(-c2nn(C)cc2C)[c-]n1C.[Ir]. The minimum atomic E-state index is 0. The Morgan fingerprint density at radius 3 is 2.21 bits per heavy atom. The average molecular weight is 503 g/mol. The van der Waals surface area contributed by atoms with Gasteiger partial charge in [-0.15, -0.1) is 11.6 Å². The Morgan fingerprint density at radius 2 is 1.71 bits per heavy atom. The van der Waals surface area contributed by atoms with Crippen LogP contribution in [0.15, 0.2) is 30.5 Å². The summed E-state index contributed by atoms with van der Waals surface area (Å²) in [6.45, 7) is 2.05. The zero-order valence-corrected chi connectivity index (χ0v) is 16.8. The number of methoxy groups -OCH3 is 2. The summed E-state index contributed by atoms with van der Waals surface area (Å²) >= 11 is 0. The van der Waals surface area contributed by atoms with Gasteiger partial charge in [0.1, 0.15) is 11.5 Å². The number of rotatable bonds is 4. The van der Waals surface area contributed by atoms with E-state index < -0.39 is 0 Å². The number of hydrogen-bond acceptors (Lipinski definition) is 3. The fraction of sp³-hybridized carbons (Fsp3) is 0.278. The van der Waals surface area contributed by atoms with Crippen molar-refractivity contribution in [1.82, 2.24) is 14.3 Å². The Bertz CT molecular complexity index is 830. The largest absolute Gasteiger partial charge is 0.497 e. The van der Waals surface area contributed by atoms with Crippen LogP contribution in [0.2, 0.25) is 0 Å². The Kier molecular flexibility index (Phi) is 5.52. The van der Waals surface area contributed by atoms with E-state index in [1.54, 1.807) is 14.2 Å². The number of aromatic nitrogens is 3. The van der Waals surface area contributed by atoms with E-state index in [2.05, 4.69) is 17.4 Å². The number of ether oxygens (including phenoxy) is 2. The molecule has 6 heteroatoms. The zero-order valence-electron chi connectivity index (χ0n) is 14.4. The summed E-state index contributed by atoms with van der Waals surface area (Å²) < 4.78 is 14.8. The quantitative estimate of drug-likeness (QED) is 0.515. The van der Waals surface area contributed by atoms with Crippen molar-refractivity contribution >= 4 is 0 Å². The topological polar surface area (TPSA) is 41.2 Å². The van der Waals surface area contributed by atoms with Crippen molar-refractivity contribution in [2.75, 3.05) is 14.2 Å². The van der Waals surface area contributed by atoms with Crippen LogP contribution >= 0.6 is 0 Å². The Balaban J connectivity index is 0.00000208. The number of nitrogens with zero attached hydrogens (tertiary/aromatic N) is 3. The molecule has 0 fully saturated rings. The molecule has 2 heterocycles. The molecular formula is C18H20IrN3O2-. The average Bonchev–Trinajstić information content (AvgIpc) is 3.08. The third-order valence-electron chi connectivity index (χ3n) is 3.88. The minimum absolute atomic E-state index is 0. The van der Waals surface area contributed by atoms with Crippen molar-refractivity contribution in [3.8, 4) is 34.0 Å². The molecule has 0 spiro atoms. The van der Waals surface area contributed by atoms with Crippen LogP contribution in [0.4, 0.5) is 0 Å². The van der Waals surface area contributed by atoms with Gasteiger partial charge in [-0.3, -0.25) is 4.68 Å². The maximum atomic E-state index is 5.51. The molecule has 0 aliphatic rings. The van der Waals surface area contributed by atoms with Crippen molar-refractivity contribution in [2.45, 2.75) is 6.92 Å². The second kappa shape index (κ2) is 7.24. The second-order valence-corrected chi connectivity index (χ2v) is 5.49. The number of hydrogen-bond donors (Lipinski definition) is 0. The minimum Gasteiger partial charge on any atom is -0.497 e. The van der Waals surface area contributed by atoms with Crippen LogP contribution in [0.3, 0.4) is 0 Å². The molecule has 24 heavy (non-hydrogen) atoms. The number of benzene rings is 1. The van der Waals surface area contributed by atoms with E-state index in [4.69, 9.17) is 9.47 Å². The molecule has 0 atom stereocenters. The van der Waals surface area contributed by atoms with Gasteiger partial charge in [0.05, 0.1) is 14.2 Å². The van der Waals surface area contributed by atoms with Gasteiger partial charge in [0.25, 0.3) is 0 Å². The van der Waals surface area contributed by atoms with E-state index in [-0.39, 0.29) is 20.1 Å². The van der Waals surface area contributed by atoms with Gasteiger partial charge in [0.2, 0.25) is 0 Å². The standard InChI is InChI=1S/C18H20N3O2.Ir/c1-12-10-21(3)19-18(12)13-9-14(20(2)11-13)17-15(22-4)7-6-8-16(17)23-5;/h6-10H,1-5H3;/q-1;. The van der Waals surface area contributed by atoms with E-state index in [0.29, 0.717) is 0 Å². The van der Waals surface area contributed by atoms with Gasteiger partial charge < -0.3 is 14.0 Å². The molecule has 5 nitrogen and oxygen atoms in total. The van der Waals surface area contributed by atoms with Gasteiger partial charge in [0.15, 0.2) is 0 Å². The molecule has 3 rings (SSSR count). The van der Waals surface area contributed by atoms with Gasteiger partial charge in [0, 0.05) is 44.6 Å². The first kappa shape index (κ1) is 18.3. The van der Waals surface area contributed by atoms with E-state index in [1.807, 2.05) is 54.7 Å². The molecule has 0 aliphatic carbocycles. The molecule has 0 N–H and O–H groups in total. The van der Waals surface area contributed by atoms with Crippen molar-refractivity contribution in [2.24, 2.45) is 14.1 Å². The summed E-state index contributed by atoms with van der Waals surface area (Å²) in [5, 5.41) is 4.52. The van der Waals surface area contributed by atoms with Crippen LogP contribution in [0.1, 0.15) is 5.56 Å². The molecule has 0 unspecified atom stereocenters. The van der Waals surface area contributed by atoms with Crippen molar-refractivity contribution in [1.29, 1.82) is 0 Å². The molecular weight excluding hydrogens is 482 g/mol. The maximum absolute atomic E-state index is 5.51. The van der Waals surface area contributed by atoms with Crippen LogP contribution in [0.5, 0.6) is 11.5 Å². The van der Waals surface area contributed by atoms with E-state index >= 15 is 0 Å². The maximum Gasteiger partial charge on any atom is 0.121 e. The van der Waals surface area contributed by atoms with E-state index in [1.165, 1.54) is 0 Å². The summed E-state index contributed by atoms with van der Waals surface area (Å²) in [7, 11) is 7.20. The van der Waals surface area contributed by atoms with Crippen LogP contribution < -0.4 is 9.47 Å². The first-order valence-electron chi connectivity index (χ1n) is 7.36. The summed E-state index contributed by atoms with van der Waals surface area (Å²) in [6, 6.07) is 7.83. The molecule has 0 amide bonds. The fourth-order valence-corrected chi connectivity index (χ4v) is 2.84. The van der Waals surface area contributed by atoms with Crippen LogP contribution in [-0.2, 0) is 34.2 Å². The van der Waals surface area contributed by atoms with Crippen molar-refractivity contribution < 1.29 is 29.6 Å².